The van der Waals surface area contributed by atoms with Gasteiger partial charge in [0.1, 0.15) is 0 Å². The molecule has 94 valence electrons. The van der Waals surface area contributed by atoms with Crippen LogP contribution in [0, 0.1) is 0 Å². The van der Waals surface area contributed by atoms with E-state index >= 15 is 0 Å². The molecular weight excluding hydrogens is 202 g/mol. The predicted molar refractivity (Wildman–Crippen MR) is 64.6 cm³/mol. The second-order valence-corrected chi connectivity index (χ2v) is 5.06. The van der Waals surface area contributed by atoms with E-state index in [0.29, 0.717) is 18.2 Å². The van der Waals surface area contributed by atoms with E-state index in [1.54, 1.807) is 0 Å². The lowest BCUT2D eigenvalue weighted by molar-refractivity contribution is 0.0558. The Kier molecular flexibility index (Phi) is 5.07. The predicted octanol–water partition coefficient (Wildman–Crippen LogP) is 2.10. The van der Waals surface area contributed by atoms with Crippen LogP contribution < -0.4 is 5.32 Å². The zero-order valence-corrected chi connectivity index (χ0v) is 10.4. The van der Waals surface area contributed by atoms with Gasteiger partial charge in [-0.2, -0.15) is 0 Å². The van der Waals surface area contributed by atoms with Crippen LogP contribution in [0.3, 0.4) is 0 Å². The molecular formula is C13H25NO2. The van der Waals surface area contributed by atoms with Gasteiger partial charge in [-0.25, -0.2) is 0 Å². The molecule has 1 N–H and O–H groups in total. The molecule has 0 aromatic rings. The fourth-order valence-electron chi connectivity index (χ4n) is 2.66. The second kappa shape index (κ2) is 6.58. The number of nitrogens with one attached hydrogen (secondary N) is 1. The third kappa shape index (κ3) is 3.72. The Balaban J connectivity index is 1.45. The highest BCUT2D eigenvalue weighted by molar-refractivity contribution is 4.78. The molecule has 0 spiro atoms. The van der Waals surface area contributed by atoms with Crippen molar-refractivity contribution < 1.29 is 9.47 Å². The minimum Gasteiger partial charge on any atom is -0.378 e. The zero-order valence-electron chi connectivity index (χ0n) is 10.4. The lowest BCUT2D eigenvalue weighted by Crippen LogP contribution is -2.35. The zero-order chi connectivity index (χ0) is 11.2. The fraction of sp³-hybridized carbons (Fsp3) is 1.00. The highest BCUT2D eigenvalue weighted by Gasteiger charge is 2.23. The van der Waals surface area contributed by atoms with Gasteiger partial charge in [0.25, 0.3) is 0 Å². The topological polar surface area (TPSA) is 30.5 Å². The van der Waals surface area contributed by atoms with Crippen LogP contribution in [0.4, 0.5) is 0 Å². The van der Waals surface area contributed by atoms with E-state index in [2.05, 4.69) is 12.2 Å². The van der Waals surface area contributed by atoms with Gasteiger partial charge in [-0.05, 0) is 39.2 Å². The quantitative estimate of drug-likeness (QED) is 0.705. The van der Waals surface area contributed by atoms with Gasteiger partial charge in [0.15, 0.2) is 0 Å². The first kappa shape index (κ1) is 12.3. The summed E-state index contributed by atoms with van der Waals surface area (Å²) in [5.41, 5.74) is 0. The van der Waals surface area contributed by atoms with Crippen LogP contribution in [-0.2, 0) is 9.47 Å². The summed E-state index contributed by atoms with van der Waals surface area (Å²) >= 11 is 0. The molecule has 2 aliphatic rings. The molecule has 0 amide bonds. The van der Waals surface area contributed by atoms with Crippen LogP contribution >= 0.6 is 0 Å². The van der Waals surface area contributed by atoms with Crippen LogP contribution in [0.25, 0.3) is 0 Å². The third-order valence-electron chi connectivity index (χ3n) is 3.76. The molecule has 1 saturated carbocycles. The molecule has 16 heavy (non-hydrogen) atoms. The Morgan fingerprint density at radius 2 is 2.06 bits per heavy atom. The molecule has 0 bridgehead atoms. The molecule has 3 heteroatoms. The first-order valence-electron chi connectivity index (χ1n) is 6.83. The van der Waals surface area contributed by atoms with Crippen molar-refractivity contribution in [1.29, 1.82) is 0 Å². The number of hydrogen-bond donors (Lipinski definition) is 1. The van der Waals surface area contributed by atoms with E-state index in [9.17, 15) is 0 Å². The van der Waals surface area contributed by atoms with Crippen molar-refractivity contribution in [3.63, 3.8) is 0 Å². The van der Waals surface area contributed by atoms with Crippen molar-refractivity contribution in [1.82, 2.24) is 5.32 Å². The summed E-state index contributed by atoms with van der Waals surface area (Å²) in [7, 11) is 0. The summed E-state index contributed by atoms with van der Waals surface area (Å²) in [5, 5.41) is 3.55. The van der Waals surface area contributed by atoms with Gasteiger partial charge >= 0.3 is 0 Å². The Labute approximate surface area is 98.9 Å². The van der Waals surface area contributed by atoms with Crippen LogP contribution in [-0.4, -0.2) is 38.0 Å². The highest BCUT2D eigenvalue weighted by atomic mass is 16.5. The van der Waals surface area contributed by atoms with Crippen molar-refractivity contribution in [3.05, 3.63) is 0 Å². The minimum atomic E-state index is 0.385. The van der Waals surface area contributed by atoms with E-state index in [-0.39, 0.29) is 0 Å². The van der Waals surface area contributed by atoms with Gasteiger partial charge in [-0.1, -0.05) is 12.8 Å². The average Bonchev–Trinajstić information content (AvgIpc) is 2.90. The van der Waals surface area contributed by atoms with Crippen molar-refractivity contribution in [2.75, 3.05) is 19.8 Å². The maximum absolute atomic E-state index is 5.82. The molecule has 2 unspecified atom stereocenters. The van der Waals surface area contributed by atoms with Crippen LogP contribution in [0.15, 0.2) is 0 Å². The van der Waals surface area contributed by atoms with Gasteiger partial charge < -0.3 is 14.8 Å². The molecule has 1 aliphatic heterocycles. The molecule has 2 fully saturated rings. The average molecular weight is 227 g/mol. The largest absolute Gasteiger partial charge is 0.378 e. The number of ether oxygens (including phenoxy) is 2. The maximum atomic E-state index is 5.82. The summed E-state index contributed by atoms with van der Waals surface area (Å²) in [4.78, 5) is 0. The Bertz CT molecular complexity index is 192. The third-order valence-corrected chi connectivity index (χ3v) is 3.76. The van der Waals surface area contributed by atoms with Gasteiger partial charge in [0, 0.05) is 19.3 Å². The van der Waals surface area contributed by atoms with E-state index in [0.717, 1.165) is 32.6 Å². The smallest absolute Gasteiger partial charge is 0.0700 e. The molecule has 2 atom stereocenters. The van der Waals surface area contributed by atoms with Gasteiger partial charge in [-0.15, -0.1) is 0 Å². The summed E-state index contributed by atoms with van der Waals surface area (Å²) in [5.74, 6) is 0. The van der Waals surface area contributed by atoms with Crippen molar-refractivity contribution in [2.45, 2.75) is 63.7 Å². The van der Waals surface area contributed by atoms with Gasteiger partial charge in [-0.3, -0.25) is 0 Å². The maximum Gasteiger partial charge on any atom is 0.0700 e. The standard InChI is InChI=1S/C13H25NO2/c1-11-13(7-10-15-11)14-8-4-9-16-12-5-2-3-6-12/h11-14H,2-10H2,1H3. The summed E-state index contributed by atoms with van der Waals surface area (Å²) in [6.07, 6.45) is 8.51. The van der Waals surface area contributed by atoms with E-state index < -0.39 is 0 Å². The van der Waals surface area contributed by atoms with E-state index in [4.69, 9.17) is 9.47 Å². The second-order valence-electron chi connectivity index (χ2n) is 5.06. The Morgan fingerprint density at radius 1 is 1.25 bits per heavy atom. The first-order chi connectivity index (χ1) is 7.86. The normalized spacial score (nSPS) is 31.3. The molecule has 3 nitrogen and oxygen atoms in total. The molecule has 2 rings (SSSR count). The molecule has 1 aliphatic carbocycles. The summed E-state index contributed by atoms with van der Waals surface area (Å²) < 4.78 is 11.3. The molecule has 0 aromatic carbocycles. The van der Waals surface area contributed by atoms with Crippen LogP contribution in [0.1, 0.15) is 45.4 Å². The summed E-state index contributed by atoms with van der Waals surface area (Å²) in [6, 6.07) is 0.562. The van der Waals surface area contributed by atoms with Crippen molar-refractivity contribution in [3.8, 4) is 0 Å². The molecule has 0 aromatic heterocycles. The highest BCUT2D eigenvalue weighted by Crippen LogP contribution is 2.20. The first-order valence-corrected chi connectivity index (χ1v) is 6.83. The minimum absolute atomic E-state index is 0.385. The fourth-order valence-corrected chi connectivity index (χ4v) is 2.66. The molecule has 0 radical (unpaired) electrons. The molecule has 1 saturated heterocycles. The summed E-state index contributed by atoms with van der Waals surface area (Å²) in [6.45, 7) is 5.04. The van der Waals surface area contributed by atoms with Crippen molar-refractivity contribution >= 4 is 0 Å². The molecule has 1 heterocycles. The number of hydrogen-bond acceptors (Lipinski definition) is 3. The van der Waals surface area contributed by atoms with Crippen LogP contribution in [0.5, 0.6) is 0 Å². The monoisotopic (exact) mass is 227 g/mol. The van der Waals surface area contributed by atoms with E-state index in [1.807, 2.05) is 0 Å². The van der Waals surface area contributed by atoms with E-state index in [1.165, 1.54) is 25.7 Å². The van der Waals surface area contributed by atoms with Crippen LogP contribution in [0.2, 0.25) is 0 Å². The Morgan fingerprint density at radius 3 is 2.75 bits per heavy atom. The van der Waals surface area contributed by atoms with Gasteiger partial charge in [0.2, 0.25) is 0 Å². The number of rotatable bonds is 6. The van der Waals surface area contributed by atoms with Crippen molar-refractivity contribution in [2.24, 2.45) is 0 Å². The Hall–Kier alpha value is -0.120. The van der Waals surface area contributed by atoms with Gasteiger partial charge in [0.05, 0.1) is 12.2 Å². The lowest BCUT2D eigenvalue weighted by Gasteiger charge is -2.16. The lowest BCUT2D eigenvalue weighted by atomic mass is 10.1. The SMILES string of the molecule is CC1OCCC1NCCCOC1CCCC1.